The maximum Gasteiger partial charge on any atom is 0.244 e. The van der Waals surface area contributed by atoms with Gasteiger partial charge in [0.05, 0.1) is 0 Å². The highest BCUT2D eigenvalue weighted by atomic mass is 32.2. The van der Waals surface area contributed by atoms with Crippen molar-refractivity contribution in [1.82, 2.24) is 14.2 Å². The lowest BCUT2D eigenvalue weighted by Crippen LogP contribution is -2.38. The molecule has 1 atom stereocenters. The Morgan fingerprint density at radius 2 is 2.05 bits per heavy atom. The maximum atomic E-state index is 12.9. The average molecular weight is 315 g/mol. The van der Waals surface area contributed by atoms with Crippen LogP contribution in [0.5, 0.6) is 0 Å². The van der Waals surface area contributed by atoms with Gasteiger partial charge in [-0.2, -0.15) is 4.31 Å². The van der Waals surface area contributed by atoms with Crippen molar-refractivity contribution in [3.8, 4) is 0 Å². The van der Waals surface area contributed by atoms with Crippen molar-refractivity contribution in [2.75, 3.05) is 13.6 Å². The summed E-state index contributed by atoms with van der Waals surface area (Å²) in [6, 6.07) is 1.79. The fraction of sp³-hybridized carbons (Fsp3) is 0.733. The molecule has 1 heterocycles. The van der Waals surface area contributed by atoms with Crippen molar-refractivity contribution >= 4 is 10.0 Å². The van der Waals surface area contributed by atoms with E-state index < -0.39 is 10.0 Å². The molecule has 0 bridgehead atoms. The molecule has 1 N–H and O–H groups in total. The molecular formula is C15H29N3O2S. The molecule has 0 aliphatic carbocycles. The number of aromatic nitrogens is 1. The largest absolute Gasteiger partial charge is 0.352 e. The van der Waals surface area contributed by atoms with E-state index in [0.29, 0.717) is 18.0 Å². The molecule has 1 aromatic rings. The van der Waals surface area contributed by atoms with Crippen LogP contribution in [0.1, 0.15) is 45.7 Å². The van der Waals surface area contributed by atoms with Crippen LogP contribution in [0.15, 0.2) is 17.2 Å². The van der Waals surface area contributed by atoms with Gasteiger partial charge in [0.1, 0.15) is 4.90 Å². The molecule has 0 amide bonds. The van der Waals surface area contributed by atoms with Crippen molar-refractivity contribution in [1.29, 1.82) is 0 Å². The predicted molar refractivity (Wildman–Crippen MR) is 86.7 cm³/mol. The maximum absolute atomic E-state index is 12.9. The van der Waals surface area contributed by atoms with Gasteiger partial charge in [-0.05, 0) is 32.9 Å². The Morgan fingerprint density at radius 3 is 2.57 bits per heavy atom. The quantitative estimate of drug-likeness (QED) is 0.761. The minimum atomic E-state index is -3.42. The van der Waals surface area contributed by atoms with Crippen LogP contribution in [0.3, 0.4) is 0 Å². The van der Waals surface area contributed by atoms with Crippen LogP contribution in [-0.4, -0.2) is 36.9 Å². The molecular weight excluding hydrogens is 286 g/mol. The molecule has 0 aliphatic heterocycles. The van der Waals surface area contributed by atoms with Crippen LogP contribution in [0.4, 0.5) is 0 Å². The van der Waals surface area contributed by atoms with Crippen LogP contribution in [0.2, 0.25) is 0 Å². The first-order valence-corrected chi connectivity index (χ1v) is 9.14. The van der Waals surface area contributed by atoms with Gasteiger partial charge in [0.25, 0.3) is 0 Å². The number of hydrogen-bond acceptors (Lipinski definition) is 3. The monoisotopic (exact) mass is 315 g/mol. The van der Waals surface area contributed by atoms with E-state index in [4.69, 9.17) is 0 Å². The molecule has 21 heavy (non-hydrogen) atoms. The summed E-state index contributed by atoms with van der Waals surface area (Å²) in [5.41, 5.74) is 0.968. The van der Waals surface area contributed by atoms with Gasteiger partial charge in [0.15, 0.2) is 0 Å². The van der Waals surface area contributed by atoms with E-state index in [9.17, 15) is 8.42 Å². The number of nitrogens with one attached hydrogen (secondary N) is 1. The Balaban J connectivity index is 3.12. The van der Waals surface area contributed by atoms with E-state index in [0.717, 1.165) is 25.0 Å². The SMILES string of the molecule is CCCCN(C(C)CC)S(=O)(=O)c1cc(CNC)n(C)c1. The van der Waals surface area contributed by atoms with Crippen LogP contribution in [0.25, 0.3) is 0 Å². The number of rotatable bonds is 9. The molecule has 1 aromatic heterocycles. The first-order valence-electron chi connectivity index (χ1n) is 7.70. The number of nitrogens with zero attached hydrogens (tertiary/aromatic N) is 2. The van der Waals surface area contributed by atoms with Crippen molar-refractivity contribution in [3.05, 3.63) is 18.0 Å². The smallest absolute Gasteiger partial charge is 0.244 e. The summed E-state index contributed by atoms with van der Waals surface area (Å²) in [7, 11) is 0.315. The molecule has 0 aliphatic rings. The van der Waals surface area contributed by atoms with Crippen molar-refractivity contribution in [2.24, 2.45) is 7.05 Å². The fourth-order valence-corrected chi connectivity index (χ4v) is 4.14. The summed E-state index contributed by atoms with van der Waals surface area (Å²) in [4.78, 5) is 0.395. The molecule has 5 nitrogen and oxygen atoms in total. The first kappa shape index (κ1) is 18.2. The van der Waals surface area contributed by atoms with Gasteiger partial charge in [-0.25, -0.2) is 8.42 Å². The lowest BCUT2D eigenvalue weighted by Gasteiger charge is -2.27. The third-order valence-electron chi connectivity index (χ3n) is 3.86. The second-order valence-electron chi connectivity index (χ2n) is 5.53. The van der Waals surface area contributed by atoms with Crippen LogP contribution in [0, 0.1) is 0 Å². The number of unbranched alkanes of at least 4 members (excludes halogenated alkanes) is 1. The van der Waals surface area contributed by atoms with Crippen LogP contribution < -0.4 is 5.32 Å². The van der Waals surface area contributed by atoms with E-state index >= 15 is 0 Å². The third-order valence-corrected chi connectivity index (χ3v) is 5.84. The van der Waals surface area contributed by atoms with E-state index in [2.05, 4.69) is 12.2 Å². The second kappa shape index (κ2) is 7.96. The van der Waals surface area contributed by atoms with E-state index in [1.54, 1.807) is 16.6 Å². The standard InChI is InChI=1S/C15H29N3O2S/c1-6-8-9-18(13(3)7-2)21(19,20)15-10-14(11-16-4)17(5)12-15/h10,12-13,16H,6-9,11H2,1-5H3. The van der Waals surface area contributed by atoms with Crippen molar-refractivity contribution < 1.29 is 8.42 Å². The fourth-order valence-electron chi connectivity index (χ4n) is 2.31. The molecule has 1 rings (SSSR count). The Morgan fingerprint density at radius 1 is 1.38 bits per heavy atom. The summed E-state index contributed by atoms with van der Waals surface area (Å²) >= 11 is 0. The number of aryl methyl sites for hydroxylation is 1. The molecule has 0 saturated heterocycles. The second-order valence-corrected chi connectivity index (χ2v) is 7.43. The average Bonchev–Trinajstić information content (AvgIpc) is 2.81. The minimum Gasteiger partial charge on any atom is -0.352 e. The lowest BCUT2D eigenvalue weighted by molar-refractivity contribution is 0.324. The lowest BCUT2D eigenvalue weighted by atomic mass is 10.2. The number of sulfonamides is 1. The Hall–Kier alpha value is -0.850. The summed E-state index contributed by atoms with van der Waals surface area (Å²) in [5, 5.41) is 3.06. The van der Waals surface area contributed by atoms with Gasteiger partial charge in [-0.1, -0.05) is 20.3 Å². The van der Waals surface area contributed by atoms with E-state index in [-0.39, 0.29) is 6.04 Å². The van der Waals surface area contributed by atoms with Gasteiger partial charge in [0.2, 0.25) is 10.0 Å². The molecule has 6 heteroatoms. The Labute approximate surface area is 129 Å². The summed E-state index contributed by atoms with van der Waals surface area (Å²) < 4.78 is 29.3. The minimum absolute atomic E-state index is 0.0227. The normalized spacial score (nSPS) is 13.8. The molecule has 0 saturated carbocycles. The van der Waals surface area contributed by atoms with Crippen LogP contribution in [-0.2, 0) is 23.6 Å². The van der Waals surface area contributed by atoms with Gasteiger partial charge >= 0.3 is 0 Å². The highest BCUT2D eigenvalue weighted by Crippen LogP contribution is 2.22. The summed E-state index contributed by atoms with van der Waals surface area (Å²) in [6.07, 6.45) is 4.41. The van der Waals surface area contributed by atoms with Gasteiger partial charge < -0.3 is 9.88 Å². The first-order chi connectivity index (χ1) is 9.88. The van der Waals surface area contributed by atoms with E-state index in [1.165, 1.54) is 0 Å². The molecule has 0 fully saturated rings. The van der Waals surface area contributed by atoms with Gasteiger partial charge in [-0.15, -0.1) is 0 Å². The third kappa shape index (κ3) is 4.31. The Bertz CT molecular complexity index is 537. The highest BCUT2D eigenvalue weighted by Gasteiger charge is 2.29. The Kier molecular flexibility index (Phi) is 6.90. The highest BCUT2D eigenvalue weighted by molar-refractivity contribution is 7.89. The van der Waals surface area contributed by atoms with Crippen LogP contribution >= 0.6 is 0 Å². The molecule has 0 spiro atoms. The zero-order chi connectivity index (χ0) is 16.0. The zero-order valence-electron chi connectivity index (χ0n) is 13.9. The van der Waals surface area contributed by atoms with E-state index in [1.807, 2.05) is 32.5 Å². The molecule has 0 aromatic carbocycles. The predicted octanol–water partition coefficient (Wildman–Crippen LogP) is 2.33. The molecule has 1 unspecified atom stereocenters. The van der Waals surface area contributed by atoms with Crippen molar-refractivity contribution in [2.45, 2.75) is 57.5 Å². The number of hydrogen-bond donors (Lipinski definition) is 1. The summed E-state index contributed by atoms with van der Waals surface area (Å²) in [6.45, 7) is 7.32. The zero-order valence-corrected chi connectivity index (χ0v) is 14.7. The summed E-state index contributed by atoms with van der Waals surface area (Å²) in [5.74, 6) is 0. The van der Waals surface area contributed by atoms with Gasteiger partial charge in [0, 0.05) is 38.1 Å². The van der Waals surface area contributed by atoms with Gasteiger partial charge in [-0.3, -0.25) is 0 Å². The topological polar surface area (TPSA) is 54.3 Å². The molecule has 122 valence electrons. The van der Waals surface area contributed by atoms with Crippen molar-refractivity contribution in [3.63, 3.8) is 0 Å². The molecule has 0 radical (unpaired) electrons.